The lowest BCUT2D eigenvalue weighted by atomic mass is 9.77. The van der Waals surface area contributed by atoms with Crippen molar-refractivity contribution in [3.05, 3.63) is 35.9 Å². The average molecular weight is 275 g/mol. The lowest BCUT2D eigenvalue weighted by molar-refractivity contribution is -0.122. The number of imide groups is 1. The van der Waals surface area contributed by atoms with E-state index < -0.39 is 18.0 Å². The first kappa shape index (κ1) is 14.5. The summed E-state index contributed by atoms with van der Waals surface area (Å²) in [5.41, 5.74) is 6.15. The Labute approximate surface area is 118 Å². The summed E-state index contributed by atoms with van der Waals surface area (Å²) in [5.74, 6) is 0.152. The first-order valence-electron chi connectivity index (χ1n) is 6.99. The minimum Gasteiger partial charge on any atom is -0.351 e. The van der Waals surface area contributed by atoms with Gasteiger partial charge in [-0.1, -0.05) is 36.8 Å². The lowest BCUT2D eigenvalue weighted by Crippen LogP contribution is -2.49. The van der Waals surface area contributed by atoms with E-state index in [1.54, 1.807) is 6.92 Å². The van der Waals surface area contributed by atoms with Crippen molar-refractivity contribution >= 4 is 11.9 Å². The summed E-state index contributed by atoms with van der Waals surface area (Å²) < 4.78 is 0. The van der Waals surface area contributed by atoms with Crippen molar-refractivity contribution in [2.45, 2.75) is 38.3 Å². The number of carbonyl (C=O) groups excluding carboxylic acids is 2. The fraction of sp³-hybridized carbons (Fsp3) is 0.467. The SMILES string of the molecule is C[C@@H](N[C@H](c1ccccc1)C1CCC1)C(=O)NC(N)=O. The second-order valence-electron chi connectivity index (χ2n) is 5.32. The van der Waals surface area contributed by atoms with Gasteiger partial charge in [-0.2, -0.15) is 0 Å². The van der Waals surface area contributed by atoms with Gasteiger partial charge in [0.15, 0.2) is 0 Å². The van der Waals surface area contributed by atoms with Crippen LogP contribution in [0.2, 0.25) is 0 Å². The predicted molar refractivity (Wildman–Crippen MR) is 76.8 cm³/mol. The molecule has 0 aromatic heterocycles. The van der Waals surface area contributed by atoms with Crippen LogP contribution in [-0.4, -0.2) is 18.0 Å². The van der Waals surface area contributed by atoms with Gasteiger partial charge < -0.3 is 5.73 Å². The van der Waals surface area contributed by atoms with Gasteiger partial charge in [0, 0.05) is 6.04 Å². The Balaban J connectivity index is 2.04. The second kappa shape index (κ2) is 6.52. The van der Waals surface area contributed by atoms with Crippen molar-refractivity contribution in [3.63, 3.8) is 0 Å². The number of benzene rings is 1. The fourth-order valence-electron chi connectivity index (χ4n) is 2.51. The monoisotopic (exact) mass is 275 g/mol. The number of amides is 3. The van der Waals surface area contributed by atoms with Crippen molar-refractivity contribution in [2.24, 2.45) is 11.7 Å². The van der Waals surface area contributed by atoms with E-state index in [4.69, 9.17) is 5.73 Å². The summed E-state index contributed by atoms with van der Waals surface area (Å²) in [6.07, 6.45) is 3.56. The molecule has 0 bridgehead atoms. The number of hydrogen-bond acceptors (Lipinski definition) is 3. The number of carbonyl (C=O) groups is 2. The Morgan fingerprint density at radius 3 is 2.40 bits per heavy atom. The largest absolute Gasteiger partial charge is 0.351 e. The highest BCUT2D eigenvalue weighted by Crippen LogP contribution is 2.37. The van der Waals surface area contributed by atoms with Gasteiger partial charge in [-0.15, -0.1) is 0 Å². The van der Waals surface area contributed by atoms with Crippen molar-refractivity contribution in [1.82, 2.24) is 10.6 Å². The standard InChI is InChI=1S/C15H21N3O2/c1-10(14(19)18-15(16)20)17-13(12-8-5-9-12)11-6-3-2-4-7-11/h2-4,6-7,10,12-13,17H,5,8-9H2,1H3,(H3,16,18,19,20)/t10-,13-/m1/s1. The van der Waals surface area contributed by atoms with Crippen LogP contribution in [0.3, 0.4) is 0 Å². The molecule has 0 heterocycles. The van der Waals surface area contributed by atoms with Crippen molar-refractivity contribution in [3.8, 4) is 0 Å². The third-order valence-corrected chi connectivity index (χ3v) is 3.85. The molecule has 0 aliphatic heterocycles. The highest BCUT2D eigenvalue weighted by Gasteiger charge is 2.30. The van der Waals surface area contributed by atoms with E-state index in [0.717, 1.165) is 12.8 Å². The molecule has 0 radical (unpaired) electrons. The first-order valence-corrected chi connectivity index (χ1v) is 6.99. The number of hydrogen-bond donors (Lipinski definition) is 3. The molecule has 4 N–H and O–H groups in total. The zero-order valence-electron chi connectivity index (χ0n) is 11.6. The molecule has 0 saturated heterocycles. The highest BCUT2D eigenvalue weighted by molar-refractivity contribution is 5.96. The van der Waals surface area contributed by atoms with Crippen LogP contribution < -0.4 is 16.4 Å². The van der Waals surface area contributed by atoms with Crippen LogP contribution in [0, 0.1) is 5.92 Å². The topological polar surface area (TPSA) is 84.2 Å². The zero-order valence-corrected chi connectivity index (χ0v) is 11.6. The van der Waals surface area contributed by atoms with E-state index in [2.05, 4.69) is 22.8 Å². The Hall–Kier alpha value is -1.88. The molecule has 1 aromatic rings. The molecule has 0 spiro atoms. The maximum absolute atomic E-state index is 11.8. The molecule has 3 amide bonds. The lowest BCUT2D eigenvalue weighted by Gasteiger charge is -2.36. The maximum atomic E-state index is 11.8. The molecule has 1 aliphatic carbocycles. The van der Waals surface area contributed by atoms with Gasteiger partial charge in [0.1, 0.15) is 0 Å². The number of primary amides is 1. The first-order chi connectivity index (χ1) is 9.58. The highest BCUT2D eigenvalue weighted by atomic mass is 16.2. The molecular formula is C15H21N3O2. The summed E-state index contributed by atoms with van der Waals surface area (Å²) in [4.78, 5) is 22.5. The van der Waals surface area contributed by atoms with E-state index in [1.165, 1.54) is 12.0 Å². The van der Waals surface area contributed by atoms with Gasteiger partial charge in [-0.05, 0) is 31.2 Å². The maximum Gasteiger partial charge on any atom is 0.318 e. The van der Waals surface area contributed by atoms with E-state index in [9.17, 15) is 9.59 Å². The molecule has 2 rings (SSSR count). The third kappa shape index (κ3) is 3.57. The smallest absolute Gasteiger partial charge is 0.318 e. The van der Waals surface area contributed by atoms with E-state index in [-0.39, 0.29) is 6.04 Å². The average Bonchev–Trinajstić information content (AvgIpc) is 2.36. The van der Waals surface area contributed by atoms with Crippen LogP contribution in [0.25, 0.3) is 0 Å². The molecule has 20 heavy (non-hydrogen) atoms. The zero-order chi connectivity index (χ0) is 14.5. The van der Waals surface area contributed by atoms with Crippen LogP contribution >= 0.6 is 0 Å². The van der Waals surface area contributed by atoms with Gasteiger partial charge in [0.25, 0.3) is 0 Å². The van der Waals surface area contributed by atoms with Crippen molar-refractivity contribution in [1.29, 1.82) is 0 Å². The van der Waals surface area contributed by atoms with Crippen molar-refractivity contribution < 1.29 is 9.59 Å². The molecule has 108 valence electrons. The minimum absolute atomic E-state index is 0.138. The van der Waals surface area contributed by atoms with Crippen molar-refractivity contribution in [2.75, 3.05) is 0 Å². The summed E-state index contributed by atoms with van der Waals surface area (Å²) in [5, 5.41) is 5.43. The van der Waals surface area contributed by atoms with Gasteiger partial charge in [-0.25, -0.2) is 4.79 Å². The number of urea groups is 1. The van der Waals surface area contributed by atoms with Gasteiger partial charge in [0.2, 0.25) is 5.91 Å². The van der Waals surface area contributed by atoms with Gasteiger partial charge in [0.05, 0.1) is 6.04 Å². The van der Waals surface area contributed by atoms with Crippen LogP contribution in [0.4, 0.5) is 4.79 Å². The summed E-state index contributed by atoms with van der Waals surface area (Å²) in [6.45, 7) is 1.74. The normalized spacial score (nSPS) is 17.9. The Morgan fingerprint density at radius 1 is 1.25 bits per heavy atom. The van der Waals surface area contributed by atoms with E-state index in [0.29, 0.717) is 5.92 Å². The van der Waals surface area contributed by atoms with Crippen LogP contribution in [0.15, 0.2) is 30.3 Å². The molecule has 1 saturated carbocycles. The summed E-state index contributed by atoms with van der Waals surface area (Å²) >= 11 is 0. The predicted octanol–water partition coefficient (Wildman–Crippen LogP) is 1.70. The fourth-order valence-corrected chi connectivity index (χ4v) is 2.51. The third-order valence-electron chi connectivity index (χ3n) is 3.85. The quantitative estimate of drug-likeness (QED) is 0.764. The molecule has 1 aliphatic rings. The molecule has 5 nitrogen and oxygen atoms in total. The van der Waals surface area contributed by atoms with Gasteiger partial charge >= 0.3 is 6.03 Å². The van der Waals surface area contributed by atoms with Gasteiger partial charge in [-0.3, -0.25) is 15.4 Å². The summed E-state index contributed by atoms with van der Waals surface area (Å²) in [6, 6.07) is 8.96. The number of nitrogens with one attached hydrogen (secondary N) is 2. The minimum atomic E-state index is -0.816. The second-order valence-corrected chi connectivity index (χ2v) is 5.32. The Bertz CT molecular complexity index is 471. The number of nitrogens with two attached hydrogens (primary N) is 1. The summed E-state index contributed by atoms with van der Waals surface area (Å²) in [7, 11) is 0. The van der Waals surface area contributed by atoms with Crippen LogP contribution in [-0.2, 0) is 4.79 Å². The Kier molecular flexibility index (Phi) is 4.74. The molecule has 5 heteroatoms. The van der Waals surface area contributed by atoms with Crippen LogP contribution in [0.5, 0.6) is 0 Å². The molecule has 1 fully saturated rings. The molecule has 0 unspecified atom stereocenters. The Morgan fingerprint density at radius 2 is 1.90 bits per heavy atom. The van der Waals surface area contributed by atoms with E-state index in [1.807, 2.05) is 18.2 Å². The molecular weight excluding hydrogens is 254 g/mol. The van der Waals surface area contributed by atoms with Crippen LogP contribution in [0.1, 0.15) is 37.8 Å². The molecule has 2 atom stereocenters. The number of rotatable bonds is 5. The van der Waals surface area contributed by atoms with E-state index >= 15 is 0 Å². The molecule has 1 aromatic carbocycles.